The molecule has 16 heavy (non-hydrogen) atoms. The average molecular weight is 238 g/mol. The Labute approximate surface area is 101 Å². The fourth-order valence-electron chi connectivity index (χ4n) is 3.15. The number of aryl methyl sites for hydroxylation is 1. The monoisotopic (exact) mass is 237 g/mol. The molecule has 1 N–H and O–H groups in total. The summed E-state index contributed by atoms with van der Waals surface area (Å²) in [5.74, 6) is 0.814. The van der Waals surface area contributed by atoms with E-state index in [1.54, 1.807) is 7.11 Å². The number of hydrogen-bond acceptors (Lipinski definition) is 2. The molecule has 3 rings (SSSR count). The first-order valence-corrected chi connectivity index (χ1v) is 6.21. The second-order valence-corrected chi connectivity index (χ2v) is 5.26. The molecule has 0 radical (unpaired) electrons. The molecule has 1 atom stereocenters. The van der Waals surface area contributed by atoms with Gasteiger partial charge in [0.25, 0.3) is 0 Å². The van der Waals surface area contributed by atoms with Crippen molar-refractivity contribution in [3.8, 4) is 5.75 Å². The van der Waals surface area contributed by atoms with Crippen molar-refractivity contribution in [1.82, 2.24) is 5.32 Å². The fraction of sp³-hybridized carbons (Fsp3) is 0.538. The number of hydrogen-bond donors (Lipinski definition) is 1. The molecule has 1 unspecified atom stereocenters. The van der Waals surface area contributed by atoms with Gasteiger partial charge in [0, 0.05) is 12.0 Å². The van der Waals surface area contributed by atoms with Crippen molar-refractivity contribution >= 4 is 11.6 Å². The molecule has 0 saturated carbocycles. The third-order valence-corrected chi connectivity index (χ3v) is 4.36. The molecule has 1 aliphatic heterocycles. The molecule has 1 aliphatic carbocycles. The zero-order valence-electron chi connectivity index (χ0n) is 9.48. The molecule has 1 aromatic carbocycles. The molecule has 0 amide bonds. The Hall–Kier alpha value is -0.730. The van der Waals surface area contributed by atoms with Crippen LogP contribution in [0.3, 0.4) is 0 Å². The summed E-state index contributed by atoms with van der Waals surface area (Å²) in [6, 6.07) is 4.24. The van der Waals surface area contributed by atoms with Crippen molar-refractivity contribution in [3.05, 3.63) is 28.3 Å². The lowest BCUT2D eigenvalue weighted by Gasteiger charge is -2.23. The smallest absolute Gasteiger partial charge is 0.137 e. The molecule has 1 fully saturated rings. The van der Waals surface area contributed by atoms with E-state index in [1.165, 1.54) is 24.0 Å². The van der Waals surface area contributed by atoms with Gasteiger partial charge in [-0.1, -0.05) is 11.6 Å². The highest BCUT2D eigenvalue weighted by Crippen LogP contribution is 2.46. The summed E-state index contributed by atoms with van der Waals surface area (Å²) >= 11 is 6.16. The lowest BCUT2D eigenvalue weighted by molar-refractivity contribution is 0.411. The minimum atomic E-state index is 0.354. The van der Waals surface area contributed by atoms with Crippen LogP contribution in [0.15, 0.2) is 12.1 Å². The highest BCUT2D eigenvalue weighted by molar-refractivity contribution is 6.32. The van der Waals surface area contributed by atoms with Gasteiger partial charge in [0.2, 0.25) is 0 Å². The lowest BCUT2D eigenvalue weighted by Crippen LogP contribution is -2.25. The second-order valence-electron chi connectivity index (χ2n) is 4.85. The molecule has 1 aromatic rings. The average Bonchev–Trinajstić information content (AvgIpc) is 2.88. The zero-order chi connectivity index (χ0) is 11.2. The summed E-state index contributed by atoms with van der Waals surface area (Å²) in [5, 5.41) is 4.21. The highest BCUT2D eigenvalue weighted by atomic mass is 35.5. The predicted molar refractivity (Wildman–Crippen MR) is 65.5 cm³/mol. The largest absolute Gasteiger partial charge is 0.495 e. The molecule has 1 saturated heterocycles. The first kappa shape index (κ1) is 10.4. The van der Waals surface area contributed by atoms with Crippen molar-refractivity contribution in [2.45, 2.75) is 24.7 Å². The number of benzene rings is 1. The molecular formula is C13H16ClNO. The maximum Gasteiger partial charge on any atom is 0.137 e. The normalized spacial score (nSPS) is 27.4. The van der Waals surface area contributed by atoms with Gasteiger partial charge in [-0.25, -0.2) is 0 Å². The summed E-state index contributed by atoms with van der Waals surface area (Å²) < 4.78 is 5.32. The van der Waals surface area contributed by atoms with E-state index in [9.17, 15) is 0 Å². The Morgan fingerprint density at radius 2 is 2.25 bits per heavy atom. The van der Waals surface area contributed by atoms with E-state index in [4.69, 9.17) is 16.3 Å². The van der Waals surface area contributed by atoms with Gasteiger partial charge in [-0.2, -0.15) is 0 Å². The van der Waals surface area contributed by atoms with Gasteiger partial charge in [0.05, 0.1) is 12.1 Å². The van der Waals surface area contributed by atoms with Crippen molar-refractivity contribution in [3.63, 3.8) is 0 Å². The summed E-state index contributed by atoms with van der Waals surface area (Å²) in [5.41, 5.74) is 3.22. The van der Waals surface area contributed by atoms with E-state index in [1.807, 2.05) is 0 Å². The van der Waals surface area contributed by atoms with Crippen LogP contribution in [0.2, 0.25) is 5.02 Å². The molecule has 2 nitrogen and oxygen atoms in total. The molecule has 86 valence electrons. The van der Waals surface area contributed by atoms with Crippen LogP contribution in [0.5, 0.6) is 5.75 Å². The molecule has 1 heterocycles. The highest BCUT2D eigenvalue weighted by Gasteiger charge is 2.41. The maximum atomic E-state index is 6.16. The third kappa shape index (κ3) is 1.36. The topological polar surface area (TPSA) is 21.3 Å². The summed E-state index contributed by atoms with van der Waals surface area (Å²) in [4.78, 5) is 0. The van der Waals surface area contributed by atoms with Gasteiger partial charge in [-0.3, -0.25) is 0 Å². The Morgan fingerprint density at radius 1 is 1.38 bits per heavy atom. The van der Waals surface area contributed by atoms with Crippen LogP contribution in [0, 0.1) is 0 Å². The molecule has 2 aliphatic rings. The van der Waals surface area contributed by atoms with E-state index < -0.39 is 0 Å². The van der Waals surface area contributed by atoms with Crippen LogP contribution in [-0.2, 0) is 11.8 Å². The quantitative estimate of drug-likeness (QED) is 0.811. The van der Waals surface area contributed by atoms with Crippen LogP contribution < -0.4 is 10.1 Å². The molecule has 1 spiro atoms. The Morgan fingerprint density at radius 3 is 2.94 bits per heavy atom. The fourth-order valence-corrected chi connectivity index (χ4v) is 3.41. The van der Waals surface area contributed by atoms with Crippen LogP contribution in [0.1, 0.15) is 24.0 Å². The molecular weight excluding hydrogens is 222 g/mol. The second kappa shape index (κ2) is 3.64. The summed E-state index contributed by atoms with van der Waals surface area (Å²) in [6.45, 7) is 2.23. The van der Waals surface area contributed by atoms with Gasteiger partial charge < -0.3 is 10.1 Å². The Balaban J connectivity index is 2.11. The minimum Gasteiger partial charge on any atom is -0.495 e. The van der Waals surface area contributed by atoms with Gasteiger partial charge >= 0.3 is 0 Å². The number of methoxy groups -OCH3 is 1. The van der Waals surface area contributed by atoms with Crippen molar-refractivity contribution < 1.29 is 4.74 Å². The number of rotatable bonds is 1. The number of nitrogens with one attached hydrogen (secondary N) is 1. The van der Waals surface area contributed by atoms with Crippen LogP contribution in [-0.4, -0.2) is 20.2 Å². The van der Waals surface area contributed by atoms with E-state index >= 15 is 0 Å². The van der Waals surface area contributed by atoms with Gasteiger partial charge in [0.1, 0.15) is 5.75 Å². The van der Waals surface area contributed by atoms with Crippen LogP contribution >= 0.6 is 11.6 Å². The summed E-state index contributed by atoms with van der Waals surface area (Å²) in [6.07, 6.45) is 3.64. The Bertz CT molecular complexity index is 424. The van der Waals surface area contributed by atoms with Crippen LogP contribution in [0.25, 0.3) is 0 Å². The number of fused-ring (bicyclic) bond motifs is 2. The molecule has 3 heteroatoms. The minimum absolute atomic E-state index is 0.354. The van der Waals surface area contributed by atoms with E-state index in [-0.39, 0.29) is 0 Å². The van der Waals surface area contributed by atoms with Gasteiger partial charge in [-0.05, 0) is 49.1 Å². The summed E-state index contributed by atoms with van der Waals surface area (Å²) in [7, 11) is 1.68. The molecule has 0 bridgehead atoms. The van der Waals surface area contributed by atoms with E-state index in [2.05, 4.69) is 17.4 Å². The van der Waals surface area contributed by atoms with Crippen molar-refractivity contribution in [2.75, 3.05) is 20.2 Å². The SMILES string of the molecule is COc1cc2c(cc1Cl)CCC21CCNC1. The predicted octanol–water partition coefficient (Wildman–Crippen LogP) is 2.53. The number of ether oxygens (including phenoxy) is 1. The van der Waals surface area contributed by atoms with Crippen molar-refractivity contribution in [1.29, 1.82) is 0 Å². The first-order valence-electron chi connectivity index (χ1n) is 5.83. The molecule has 0 aromatic heterocycles. The lowest BCUT2D eigenvalue weighted by atomic mass is 9.81. The van der Waals surface area contributed by atoms with Gasteiger partial charge in [-0.15, -0.1) is 0 Å². The van der Waals surface area contributed by atoms with Crippen LogP contribution in [0.4, 0.5) is 0 Å². The van der Waals surface area contributed by atoms with Crippen molar-refractivity contribution in [2.24, 2.45) is 0 Å². The Kier molecular flexibility index (Phi) is 2.37. The first-order chi connectivity index (χ1) is 7.75. The van der Waals surface area contributed by atoms with E-state index in [0.29, 0.717) is 5.41 Å². The number of halogens is 1. The van der Waals surface area contributed by atoms with Gasteiger partial charge in [0.15, 0.2) is 0 Å². The van der Waals surface area contributed by atoms with E-state index in [0.717, 1.165) is 30.3 Å². The zero-order valence-corrected chi connectivity index (χ0v) is 10.2. The third-order valence-electron chi connectivity index (χ3n) is 4.07. The standard InChI is InChI=1S/C13H16ClNO/c1-16-12-7-10-9(6-11(12)14)2-3-13(10)4-5-15-8-13/h6-7,15H,2-5,8H2,1H3. The maximum absolute atomic E-state index is 6.16.